The van der Waals surface area contributed by atoms with Gasteiger partial charge in [0.15, 0.2) is 0 Å². The number of nitrogens with zero attached hydrogens (tertiary/aromatic N) is 1. The van der Waals surface area contributed by atoms with Gasteiger partial charge in [0.1, 0.15) is 6.54 Å². The average molecular weight is 301 g/mol. The van der Waals surface area contributed by atoms with Gasteiger partial charge in [0.2, 0.25) is 0 Å². The SMILES string of the molecule is C[N+](C)(C)CCO.NC(N)=O.[Cl-].[Cl-].[Zn+]. The number of urea groups is 1. The summed E-state index contributed by atoms with van der Waals surface area (Å²) < 4.78 is 0.844. The molecule has 85 valence electrons. The van der Waals surface area contributed by atoms with E-state index in [4.69, 9.17) is 9.90 Å². The maximum atomic E-state index is 9.00. The minimum atomic E-state index is -0.833. The van der Waals surface area contributed by atoms with E-state index in [0.29, 0.717) is 0 Å². The minimum Gasteiger partial charge on any atom is -1.00 e. The van der Waals surface area contributed by atoms with E-state index >= 15 is 0 Å². The quantitative estimate of drug-likeness (QED) is 0.349. The Hall–Kier alpha value is 0.393. The van der Waals surface area contributed by atoms with Crippen molar-refractivity contribution >= 4 is 6.03 Å². The number of primary amides is 2. The van der Waals surface area contributed by atoms with Gasteiger partial charge in [-0.25, -0.2) is 4.79 Å². The first-order chi connectivity index (χ1) is 4.79. The second kappa shape index (κ2) is 15.8. The van der Waals surface area contributed by atoms with Crippen molar-refractivity contribution in [2.24, 2.45) is 11.5 Å². The summed E-state index contributed by atoms with van der Waals surface area (Å²) in [5, 5.41) is 8.39. The molecule has 0 unspecified atom stereocenters. The molecular weight excluding hydrogens is 282 g/mol. The number of hydrogen-bond donors (Lipinski definition) is 3. The van der Waals surface area contributed by atoms with E-state index in [9.17, 15) is 0 Å². The van der Waals surface area contributed by atoms with Crippen molar-refractivity contribution in [2.45, 2.75) is 0 Å². The molecule has 0 fully saturated rings. The van der Waals surface area contributed by atoms with Crippen molar-refractivity contribution in [2.75, 3.05) is 34.3 Å². The molecule has 0 spiro atoms. The van der Waals surface area contributed by atoms with Gasteiger partial charge in [0.25, 0.3) is 0 Å². The molecule has 0 saturated heterocycles. The summed E-state index contributed by atoms with van der Waals surface area (Å²) in [6.45, 7) is 1.11. The van der Waals surface area contributed by atoms with Gasteiger partial charge in [0.05, 0.1) is 27.7 Å². The van der Waals surface area contributed by atoms with Gasteiger partial charge >= 0.3 is 25.5 Å². The second-order valence-corrected chi connectivity index (χ2v) is 3.14. The van der Waals surface area contributed by atoms with Gasteiger partial charge in [-0.3, -0.25) is 0 Å². The molecule has 0 bridgehead atoms. The molecule has 0 atom stereocenters. The summed E-state index contributed by atoms with van der Waals surface area (Å²) >= 11 is 0. The molecule has 0 aromatic heterocycles. The zero-order chi connectivity index (χ0) is 9.49. The van der Waals surface area contributed by atoms with Crippen molar-refractivity contribution in [3.05, 3.63) is 0 Å². The van der Waals surface area contributed by atoms with E-state index in [2.05, 4.69) is 32.6 Å². The Labute approximate surface area is 110 Å². The largest absolute Gasteiger partial charge is 1.00 e. The van der Waals surface area contributed by atoms with Crippen molar-refractivity contribution in [1.29, 1.82) is 0 Å². The standard InChI is InChI=1S/C5H14NO.CH4N2O.2ClH.Zn/c1-6(2,3)4-5-7;2-1(3)4;;;/h7H,4-5H2,1-3H3;(H4,2,3,4);2*1H;/q+1;;;;+1/p-2. The van der Waals surface area contributed by atoms with E-state index < -0.39 is 6.03 Å². The molecule has 14 heavy (non-hydrogen) atoms. The van der Waals surface area contributed by atoms with Crippen LogP contribution in [0.25, 0.3) is 0 Å². The van der Waals surface area contributed by atoms with Gasteiger partial charge in [-0.05, 0) is 0 Å². The van der Waals surface area contributed by atoms with Crippen LogP contribution >= 0.6 is 0 Å². The van der Waals surface area contributed by atoms with E-state index in [1.165, 1.54) is 0 Å². The van der Waals surface area contributed by atoms with E-state index in [1.807, 2.05) is 0 Å². The van der Waals surface area contributed by atoms with E-state index in [-0.39, 0.29) is 50.9 Å². The van der Waals surface area contributed by atoms with Crippen LogP contribution in [0.3, 0.4) is 0 Å². The Bertz CT molecular complexity index is 118. The number of aliphatic hydroxyl groups excluding tert-OH is 1. The molecule has 0 heterocycles. The maximum Gasteiger partial charge on any atom is 1.00 e. The number of nitrogens with two attached hydrogens (primary N) is 2. The number of quaternary nitrogens is 1. The first-order valence-corrected chi connectivity index (χ1v) is 3.26. The zero-order valence-electron chi connectivity index (χ0n) is 8.83. The molecule has 0 aliphatic heterocycles. The van der Waals surface area contributed by atoms with Gasteiger partial charge in [-0.1, -0.05) is 0 Å². The van der Waals surface area contributed by atoms with Crippen molar-refractivity contribution in [3.8, 4) is 0 Å². The molecule has 2 amide bonds. The summed E-state index contributed by atoms with van der Waals surface area (Å²) in [7, 11) is 6.16. The van der Waals surface area contributed by atoms with Crippen LogP contribution in [-0.4, -0.2) is 49.9 Å². The van der Waals surface area contributed by atoms with Gasteiger partial charge in [-0.2, -0.15) is 0 Å². The van der Waals surface area contributed by atoms with Crippen LogP contribution < -0.4 is 36.3 Å². The number of hydrogen-bond acceptors (Lipinski definition) is 2. The molecule has 0 saturated carbocycles. The van der Waals surface area contributed by atoms with Crippen LogP contribution in [0.1, 0.15) is 0 Å². The number of halogens is 2. The maximum absolute atomic E-state index is 9.00. The molecule has 0 aliphatic carbocycles. The van der Waals surface area contributed by atoms with Gasteiger partial charge in [-0.15, -0.1) is 0 Å². The molecule has 0 aromatic carbocycles. The Kier molecular flexibility index (Phi) is 33.1. The third kappa shape index (κ3) is 83.3. The number of aliphatic hydroxyl groups is 1. The summed E-state index contributed by atoms with van der Waals surface area (Å²) in [6.07, 6.45) is 0. The van der Waals surface area contributed by atoms with Crippen molar-refractivity contribution in [1.82, 2.24) is 0 Å². The van der Waals surface area contributed by atoms with Crippen LogP contribution in [0.5, 0.6) is 0 Å². The predicted octanol–water partition coefficient (Wildman–Crippen LogP) is -7.29. The third-order valence-electron chi connectivity index (χ3n) is 0.771. The summed E-state index contributed by atoms with van der Waals surface area (Å²) in [4.78, 5) is 9.00. The summed E-state index contributed by atoms with van der Waals surface area (Å²) in [5.41, 5.74) is 8.50. The molecule has 5 N–H and O–H groups in total. The second-order valence-electron chi connectivity index (χ2n) is 3.14. The molecule has 0 aromatic rings. The predicted molar refractivity (Wildman–Crippen MR) is 43.8 cm³/mol. The van der Waals surface area contributed by atoms with Crippen molar-refractivity contribution in [3.63, 3.8) is 0 Å². The third-order valence-corrected chi connectivity index (χ3v) is 0.771. The number of carbonyl (C=O) groups is 1. The number of amides is 2. The molecule has 8 heteroatoms. The summed E-state index contributed by atoms with van der Waals surface area (Å²) in [6, 6.07) is -0.833. The monoisotopic (exact) mass is 298 g/mol. The Morgan fingerprint density at radius 2 is 1.43 bits per heavy atom. The van der Waals surface area contributed by atoms with Crippen LogP contribution in [-0.2, 0) is 19.5 Å². The first kappa shape index (κ1) is 29.3. The van der Waals surface area contributed by atoms with Crippen molar-refractivity contribution < 1.29 is 58.7 Å². The van der Waals surface area contributed by atoms with Crippen LogP contribution in [0, 0.1) is 0 Å². The average Bonchev–Trinajstić information content (AvgIpc) is 1.58. The number of carbonyl (C=O) groups excluding carboxylic acids is 1. The normalized spacial score (nSPS) is 7.71. The minimum absolute atomic E-state index is 0. The Morgan fingerprint density at radius 3 is 1.43 bits per heavy atom. The van der Waals surface area contributed by atoms with Gasteiger partial charge in [0, 0.05) is 0 Å². The fraction of sp³-hybridized carbons (Fsp3) is 0.833. The molecule has 0 rings (SSSR count). The van der Waals surface area contributed by atoms with Crippen LogP contribution in [0.2, 0.25) is 0 Å². The molecule has 0 aliphatic rings. The summed E-state index contributed by atoms with van der Waals surface area (Å²) in [5.74, 6) is 0. The smallest absolute Gasteiger partial charge is 1.00 e. The van der Waals surface area contributed by atoms with Crippen LogP contribution in [0.15, 0.2) is 0 Å². The van der Waals surface area contributed by atoms with E-state index in [1.54, 1.807) is 0 Å². The van der Waals surface area contributed by atoms with E-state index in [0.717, 1.165) is 11.0 Å². The molecular formula is C6H18Cl2N3O2Zn. The van der Waals surface area contributed by atoms with Gasteiger partial charge < -0.3 is 45.9 Å². The fourth-order valence-corrected chi connectivity index (χ4v) is 0.300. The Balaban J connectivity index is -0.0000000347. The molecule has 5 nitrogen and oxygen atoms in total. The molecule has 1 radical (unpaired) electrons. The number of likely N-dealkylation sites (N-methyl/N-ethyl adjacent to an activating group) is 1. The fourth-order valence-electron chi connectivity index (χ4n) is 0.300. The number of rotatable bonds is 2. The first-order valence-electron chi connectivity index (χ1n) is 3.26. The topological polar surface area (TPSA) is 89.3 Å². The zero-order valence-corrected chi connectivity index (χ0v) is 13.3. The Morgan fingerprint density at radius 1 is 1.21 bits per heavy atom. The van der Waals surface area contributed by atoms with Crippen LogP contribution in [0.4, 0.5) is 4.79 Å².